The second-order valence-corrected chi connectivity index (χ2v) is 9.02. The molecule has 5 nitrogen and oxygen atoms in total. The molecule has 0 aromatic heterocycles. The quantitative estimate of drug-likeness (QED) is 0.501. The van der Waals surface area contributed by atoms with E-state index in [4.69, 9.17) is 32.7 Å². The first-order chi connectivity index (χ1) is 14.8. The monoisotopic (exact) mass is 470 g/mol. The maximum Gasteiger partial charge on any atom is 0.258 e. The first-order valence-electron chi connectivity index (χ1n) is 10.0. The molecule has 3 aliphatic carbocycles. The summed E-state index contributed by atoms with van der Waals surface area (Å²) in [5, 5.41) is 6.62. The molecule has 3 aliphatic rings. The highest BCUT2D eigenvalue weighted by molar-refractivity contribution is 6.31. The third-order valence-electron chi connectivity index (χ3n) is 5.68. The van der Waals surface area contributed by atoms with Gasteiger partial charge in [0.05, 0.1) is 16.7 Å². The number of halogens is 4. The molecule has 0 aliphatic heterocycles. The van der Waals surface area contributed by atoms with Crippen molar-refractivity contribution in [2.75, 3.05) is 19.8 Å². The van der Waals surface area contributed by atoms with Gasteiger partial charge in [-0.15, -0.1) is 0 Å². The van der Waals surface area contributed by atoms with Crippen molar-refractivity contribution in [1.29, 1.82) is 0 Å². The Kier molecular flexibility index (Phi) is 6.28. The van der Waals surface area contributed by atoms with Crippen LogP contribution in [0.15, 0.2) is 36.4 Å². The zero-order chi connectivity index (χ0) is 22.1. The standard InChI is InChI=1S/C22H22Cl2F2N2O3/c23-16-4-2-14(8-18(16)25)30-7-1-6-27-21-11-22(12-21,13-21)28-20(29)10-31-15-3-5-17(24)19(26)9-15/h2-5,8-9,27H,1,6-7,10-13H2,(H,28,29). The van der Waals surface area contributed by atoms with Gasteiger partial charge < -0.3 is 20.1 Å². The summed E-state index contributed by atoms with van der Waals surface area (Å²) in [4.78, 5) is 12.2. The predicted octanol–water partition coefficient (Wildman–Crippen LogP) is 4.50. The molecule has 0 heterocycles. The Bertz CT molecular complexity index is 969. The Labute approximate surface area is 189 Å². The zero-order valence-corrected chi connectivity index (χ0v) is 18.2. The molecule has 1 amide bonds. The predicted molar refractivity (Wildman–Crippen MR) is 114 cm³/mol. The van der Waals surface area contributed by atoms with Gasteiger partial charge in [-0.2, -0.15) is 0 Å². The van der Waals surface area contributed by atoms with E-state index in [1.54, 1.807) is 6.07 Å². The Hall–Kier alpha value is -2.09. The average Bonchev–Trinajstić information content (AvgIpc) is 2.68. The number of carbonyl (C=O) groups excluding carboxylic acids is 1. The van der Waals surface area contributed by atoms with E-state index in [1.165, 1.54) is 24.3 Å². The Morgan fingerprint density at radius 2 is 1.52 bits per heavy atom. The molecular weight excluding hydrogens is 449 g/mol. The second kappa shape index (κ2) is 8.81. The average molecular weight is 471 g/mol. The fourth-order valence-electron chi connectivity index (χ4n) is 4.34. The number of amides is 1. The SMILES string of the molecule is O=C(COc1ccc(Cl)c(F)c1)NC12CC(NCCCOc3ccc(Cl)c(F)c3)(C1)C2. The van der Waals surface area contributed by atoms with Crippen molar-refractivity contribution in [2.24, 2.45) is 0 Å². The van der Waals surface area contributed by atoms with Gasteiger partial charge in [0, 0.05) is 23.2 Å². The van der Waals surface area contributed by atoms with Gasteiger partial charge in [-0.25, -0.2) is 8.78 Å². The van der Waals surface area contributed by atoms with Gasteiger partial charge in [0.15, 0.2) is 6.61 Å². The maximum absolute atomic E-state index is 13.4. The van der Waals surface area contributed by atoms with E-state index in [0.29, 0.717) is 12.4 Å². The summed E-state index contributed by atoms with van der Waals surface area (Å²) in [5.41, 5.74) is -0.101. The van der Waals surface area contributed by atoms with Crippen molar-refractivity contribution in [2.45, 2.75) is 36.8 Å². The molecule has 2 aromatic rings. The van der Waals surface area contributed by atoms with Gasteiger partial charge in [-0.1, -0.05) is 23.2 Å². The van der Waals surface area contributed by atoms with Crippen LogP contribution < -0.4 is 20.1 Å². The van der Waals surface area contributed by atoms with Crippen LogP contribution >= 0.6 is 23.2 Å². The number of hydrogen-bond donors (Lipinski definition) is 2. The molecule has 3 saturated carbocycles. The van der Waals surface area contributed by atoms with Crippen molar-refractivity contribution in [1.82, 2.24) is 10.6 Å². The zero-order valence-electron chi connectivity index (χ0n) is 16.7. The highest BCUT2D eigenvalue weighted by atomic mass is 35.5. The number of benzene rings is 2. The van der Waals surface area contributed by atoms with Crippen molar-refractivity contribution in [3.63, 3.8) is 0 Å². The Morgan fingerprint density at radius 3 is 2.10 bits per heavy atom. The molecule has 5 rings (SSSR count). The molecule has 0 spiro atoms. The third kappa shape index (κ3) is 5.05. The maximum atomic E-state index is 13.4. The lowest BCUT2D eigenvalue weighted by atomic mass is 9.44. The van der Waals surface area contributed by atoms with Crippen LogP contribution in [0.5, 0.6) is 11.5 Å². The molecule has 2 bridgehead atoms. The van der Waals surface area contributed by atoms with E-state index >= 15 is 0 Å². The normalized spacial score (nSPS) is 23.5. The molecule has 0 radical (unpaired) electrons. The summed E-state index contributed by atoms with van der Waals surface area (Å²) in [6.45, 7) is 1.06. The van der Waals surface area contributed by atoms with Crippen molar-refractivity contribution in [3.8, 4) is 11.5 Å². The minimum atomic E-state index is -0.585. The number of hydrogen-bond acceptors (Lipinski definition) is 4. The Balaban J connectivity index is 1.10. The summed E-state index contributed by atoms with van der Waals surface area (Å²) in [7, 11) is 0. The fourth-order valence-corrected chi connectivity index (χ4v) is 4.57. The van der Waals surface area contributed by atoms with E-state index in [-0.39, 0.29) is 39.4 Å². The molecule has 3 fully saturated rings. The molecular formula is C22H22Cl2F2N2O3. The van der Waals surface area contributed by atoms with Gasteiger partial charge in [0.1, 0.15) is 23.1 Å². The van der Waals surface area contributed by atoms with Crippen LogP contribution in [0, 0.1) is 11.6 Å². The van der Waals surface area contributed by atoms with Gasteiger partial charge in [-0.3, -0.25) is 4.79 Å². The number of rotatable bonds is 10. The van der Waals surface area contributed by atoms with Crippen molar-refractivity contribution in [3.05, 3.63) is 58.1 Å². The summed E-state index contributed by atoms with van der Waals surface area (Å²) in [6, 6.07) is 8.45. The van der Waals surface area contributed by atoms with Crippen LogP contribution in [0.4, 0.5) is 8.78 Å². The van der Waals surface area contributed by atoms with Gasteiger partial charge in [0.2, 0.25) is 0 Å². The molecule has 0 atom stereocenters. The smallest absolute Gasteiger partial charge is 0.258 e. The van der Waals surface area contributed by atoms with Crippen LogP contribution in [-0.4, -0.2) is 36.7 Å². The topological polar surface area (TPSA) is 59.6 Å². The van der Waals surface area contributed by atoms with Crippen LogP contribution in [0.3, 0.4) is 0 Å². The number of ether oxygens (including phenoxy) is 2. The van der Waals surface area contributed by atoms with E-state index in [9.17, 15) is 13.6 Å². The van der Waals surface area contributed by atoms with Crippen molar-refractivity contribution < 1.29 is 23.0 Å². The molecule has 0 saturated heterocycles. The first-order valence-corrected chi connectivity index (χ1v) is 10.8. The lowest BCUT2D eigenvalue weighted by Gasteiger charge is -2.70. The lowest BCUT2D eigenvalue weighted by molar-refractivity contribution is -0.143. The Morgan fingerprint density at radius 1 is 0.935 bits per heavy atom. The van der Waals surface area contributed by atoms with Crippen LogP contribution in [0.25, 0.3) is 0 Å². The highest BCUT2D eigenvalue weighted by Gasteiger charge is 2.68. The number of nitrogens with one attached hydrogen (secondary N) is 2. The van der Waals surface area contributed by atoms with Crippen molar-refractivity contribution >= 4 is 29.1 Å². The van der Waals surface area contributed by atoms with Crippen LogP contribution in [0.2, 0.25) is 10.0 Å². The minimum absolute atomic E-state index is 0.00825. The summed E-state index contributed by atoms with van der Waals surface area (Å²) >= 11 is 11.3. The third-order valence-corrected chi connectivity index (χ3v) is 6.29. The minimum Gasteiger partial charge on any atom is -0.493 e. The van der Waals surface area contributed by atoms with Crippen LogP contribution in [0.1, 0.15) is 25.7 Å². The summed E-state index contributed by atoms with van der Waals surface area (Å²) in [6.07, 6.45) is 3.37. The van der Waals surface area contributed by atoms with Crippen LogP contribution in [-0.2, 0) is 4.79 Å². The van der Waals surface area contributed by atoms with E-state index in [1.807, 2.05) is 0 Å². The second-order valence-electron chi connectivity index (χ2n) is 8.21. The van der Waals surface area contributed by atoms with Gasteiger partial charge in [-0.05, 0) is 56.5 Å². The highest BCUT2D eigenvalue weighted by Crippen LogP contribution is 2.60. The molecule has 166 valence electrons. The first kappa shape index (κ1) is 22.1. The van der Waals surface area contributed by atoms with E-state index < -0.39 is 11.6 Å². The molecule has 31 heavy (non-hydrogen) atoms. The largest absolute Gasteiger partial charge is 0.493 e. The fraction of sp³-hybridized carbons (Fsp3) is 0.409. The molecule has 2 aromatic carbocycles. The van der Waals surface area contributed by atoms with Gasteiger partial charge >= 0.3 is 0 Å². The van der Waals surface area contributed by atoms with E-state index in [0.717, 1.165) is 38.3 Å². The molecule has 2 N–H and O–H groups in total. The van der Waals surface area contributed by atoms with E-state index in [2.05, 4.69) is 10.6 Å². The lowest BCUT2D eigenvalue weighted by Crippen LogP contribution is -2.83. The molecule has 0 unspecified atom stereocenters. The van der Waals surface area contributed by atoms with Gasteiger partial charge in [0.25, 0.3) is 5.91 Å². The summed E-state index contributed by atoms with van der Waals surface area (Å²) in [5.74, 6) is -0.594. The summed E-state index contributed by atoms with van der Waals surface area (Å²) < 4.78 is 37.6. The molecule has 9 heteroatoms. The number of carbonyl (C=O) groups is 1.